The van der Waals surface area contributed by atoms with E-state index in [4.69, 9.17) is 10.5 Å². The third-order valence-corrected chi connectivity index (χ3v) is 2.82. The van der Waals surface area contributed by atoms with Gasteiger partial charge in [0.2, 0.25) is 0 Å². The monoisotopic (exact) mass is 233 g/mol. The molecule has 94 valence electrons. The molecule has 0 aliphatic rings. The molecule has 0 fully saturated rings. The molecule has 0 heterocycles. The van der Waals surface area contributed by atoms with Crippen LogP contribution in [0, 0.1) is 12.8 Å². The van der Waals surface area contributed by atoms with Crippen molar-refractivity contribution in [1.29, 1.82) is 0 Å². The van der Waals surface area contributed by atoms with Gasteiger partial charge in [-0.1, -0.05) is 31.6 Å². The van der Waals surface area contributed by atoms with Gasteiger partial charge in [-0.25, -0.2) is 0 Å². The quantitative estimate of drug-likeness (QED) is 0.846. The summed E-state index contributed by atoms with van der Waals surface area (Å²) in [5.41, 5.74) is 9.34. The van der Waals surface area contributed by atoms with Crippen LogP contribution in [0.15, 0.2) is 24.3 Å². The predicted molar refractivity (Wildman–Crippen MR) is 74.2 cm³/mol. The molecule has 0 aliphatic heterocycles. The first-order valence-electron chi connectivity index (χ1n) is 6.15. The second-order valence-corrected chi connectivity index (χ2v) is 4.60. The van der Waals surface area contributed by atoms with Crippen molar-refractivity contribution in [3.8, 4) is 5.75 Å². The van der Waals surface area contributed by atoms with Crippen molar-refractivity contribution in [3.63, 3.8) is 0 Å². The van der Waals surface area contributed by atoms with E-state index < -0.39 is 0 Å². The zero-order valence-electron chi connectivity index (χ0n) is 11.3. The topological polar surface area (TPSA) is 35.2 Å². The van der Waals surface area contributed by atoms with Gasteiger partial charge in [-0.05, 0) is 43.5 Å². The average molecular weight is 233 g/mol. The highest BCUT2D eigenvalue weighted by molar-refractivity contribution is 5.72. The van der Waals surface area contributed by atoms with Crippen LogP contribution in [-0.2, 0) is 0 Å². The zero-order valence-corrected chi connectivity index (χ0v) is 11.3. The van der Waals surface area contributed by atoms with Crippen molar-refractivity contribution in [2.45, 2.75) is 27.2 Å². The summed E-state index contributed by atoms with van der Waals surface area (Å²) >= 11 is 0. The third-order valence-electron chi connectivity index (χ3n) is 2.82. The molecule has 0 unspecified atom stereocenters. The highest BCUT2D eigenvalue weighted by Gasteiger charge is 2.11. The van der Waals surface area contributed by atoms with Crippen LogP contribution in [0.2, 0.25) is 0 Å². The van der Waals surface area contributed by atoms with Gasteiger partial charge in [0, 0.05) is 5.56 Å². The molecule has 0 bridgehead atoms. The summed E-state index contributed by atoms with van der Waals surface area (Å²) in [5.74, 6) is 1.41. The second kappa shape index (κ2) is 6.45. The van der Waals surface area contributed by atoms with E-state index in [9.17, 15) is 0 Å². The molecule has 2 heteroatoms. The van der Waals surface area contributed by atoms with E-state index in [0.29, 0.717) is 12.5 Å². The minimum Gasteiger partial charge on any atom is -0.496 e. The molecule has 1 rings (SSSR count). The lowest BCUT2D eigenvalue weighted by molar-refractivity contribution is 0.413. The normalized spacial score (nSPS) is 12.0. The van der Waals surface area contributed by atoms with E-state index in [0.717, 1.165) is 12.2 Å². The van der Waals surface area contributed by atoms with E-state index >= 15 is 0 Å². The van der Waals surface area contributed by atoms with Crippen LogP contribution in [0.3, 0.4) is 0 Å². The average Bonchev–Trinajstić information content (AvgIpc) is 2.29. The Morgan fingerprint density at radius 3 is 2.65 bits per heavy atom. The van der Waals surface area contributed by atoms with Gasteiger partial charge < -0.3 is 10.5 Å². The smallest absolute Gasteiger partial charge is 0.126 e. The van der Waals surface area contributed by atoms with E-state index in [1.54, 1.807) is 7.11 Å². The standard InChI is InChI=1S/C15H23NO/c1-11(2)13(6-5-9-16)14-10-12(3)7-8-15(14)17-4/h6-8,10-11H,5,9,16H2,1-4H3/b13-6+. The van der Waals surface area contributed by atoms with E-state index in [-0.39, 0.29) is 0 Å². The van der Waals surface area contributed by atoms with Crippen LogP contribution in [0.25, 0.3) is 5.57 Å². The number of benzene rings is 1. The summed E-state index contributed by atoms with van der Waals surface area (Å²) in [4.78, 5) is 0. The van der Waals surface area contributed by atoms with Crippen molar-refractivity contribution in [1.82, 2.24) is 0 Å². The molecule has 0 atom stereocenters. The van der Waals surface area contributed by atoms with Crippen molar-refractivity contribution in [2.24, 2.45) is 11.7 Å². The van der Waals surface area contributed by atoms with E-state index in [2.05, 4.69) is 39.0 Å². The molecular weight excluding hydrogens is 210 g/mol. The fourth-order valence-corrected chi connectivity index (χ4v) is 1.94. The van der Waals surface area contributed by atoms with Crippen LogP contribution in [0.4, 0.5) is 0 Å². The maximum atomic E-state index is 5.58. The molecule has 0 radical (unpaired) electrons. The molecule has 1 aromatic carbocycles. The van der Waals surface area contributed by atoms with E-state index in [1.165, 1.54) is 16.7 Å². The highest BCUT2D eigenvalue weighted by atomic mass is 16.5. The van der Waals surface area contributed by atoms with Gasteiger partial charge in [0.1, 0.15) is 5.75 Å². The number of ether oxygens (including phenoxy) is 1. The number of aryl methyl sites for hydroxylation is 1. The first-order chi connectivity index (χ1) is 8.10. The first kappa shape index (κ1) is 13.8. The number of hydrogen-bond donors (Lipinski definition) is 1. The summed E-state index contributed by atoms with van der Waals surface area (Å²) in [7, 11) is 1.72. The third kappa shape index (κ3) is 3.60. The number of methoxy groups -OCH3 is 1. The molecule has 17 heavy (non-hydrogen) atoms. The van der Waals surface area contributed by atoms with Gasteiger partial charge in [0.15, 0.2) is 0 Å². The lowest BCUT2D eigenvalue weighted by atomic mass is 9.92. The summed E-state index contributed by atoms with van der Waals surface area (Å²) < 4.78 is 5.44. The highest BCUT2D eigenvalue weighted by Crippen LogP contribution is 2.32. The maximum Gasteiger partial charge on any atom is 0.126 e. The van der Waals surface area contributed by atoms with Crippen molar-refractivity contribution in [2.75, 3.05) is 13.7 Å². The zero-order chi connectivity index (χ0) is 12.8. The Hall–Kier alpha value is -1.28. The fraction of sp³-hybridized carbons (Fsp3) is 0.467. The van der Waals surface area contributed by atoms with Crippen LogP contribution in [0.1, 0.15) is 31.4 Å². The fourth-order valence-electron chi connectivity index (χ4n) is 1.94. The first-order valence-corrected chi connectivity index (χ1v) is 6.15. The molecule has 1 aromatic rings. The number of rotatable bonds is 5. The predicted octanol–water partition coefficient (Wildman–Crippen LogP) is 3.39. The van der Waals surface area contributed by atoms with Crippen molar-refractivity contribution in [3.05, 3.63) is 35.4 Å². The second-order valence-electron chi connectivity index (χ2n) is 4.60. The largest absolute Gasteiger partial charge is 0.496 e. The Morgan fingerprint density at radius 2 is 2.12 bits per heavy atom. The van der Waals surface area contributed by atoms with Gasteiger partial charge in [-0.15, -0.1) is 0 Å². The minimum atomic E-state index is 0.470. The number of allylic oxidation sites excluding steroid dienone is 1. The summed E-state index contributed by atoms with van der Waals surface area (Å²) in [5, 5.41) is 0. The van der Waals surface area contributed by atoms with Gasteiger partial charge in [0.25, 0.3) is 0 Å². The molecular formula is C15H23NO. The number of nitrogens with two attached hydrogens (primary N) is 1. The Kier molecular flexibility index (Phi) is 5.23. The summed E-state index contributed by atoms with van der Waals surface area (Å²) in [6, 6.07) is 6.29. The van der Waals surface area contributed by atoms with Gasteiger partial charge >= 0.3 is 0 Å². The Morgan fingerprint density at radius 1 is 1.41 bits per heavy atom. The van der Waals surface area contributed by atoms with Crippen molar-refractivity contribution >= 4 is 5.57 Å². The Labute approximate surface area is 104 Å². The maximum absolute atomic E-state index is 5.58. The van der Waals surface area contributed by atoms with Crippen LogP contribution < -0.4 is 10.5 Å². The summed E-state index contributed by atoms with van der Waals surface area (Å²) in [6.07, 6.45) is 3.13. The Balaban J connectivity index is 3.21. The van der Waals surface area contributed by atoms with Gasteiger partial charge in [-0.3, -0.25) is 0 Å². The molecule has 0 saturated heterocycles. The van der Waals surface area contributed by atoms with Crippen LogP contribution in [-0.4, -0.2) is 13.7 Å². The van der Waals surface area contributed by atoms with Crippen LogP contribution in [0.5, 0.6) is 5.75 Å². The summed E-state index contributed by atoms with van der Waals surface area (Å²) in [6.45, 7) is 7.18. The van der Waals surface area contributed by atoms with E-state index in [1.807, 2.05) is 6.07 Å². The van der Waals surface area contributed by atoms with Crippen LogP contribution >= 0.6 is 0 Å². The SMILES string of the molecule is COc1ccc(C)cc1/C(=C/CCN)C(C)C. The number of hydrogen-bond acceptors (Lipinski definition) is 2. The minimum absolute atomic E-state index is 0.470. The molecule has 0 aliphatic carbocycles. The molecule has 0 spiro atoms. The Bertz CT molecular complexity index is 394. The molecule has 0 aromatic heterocycles. The lowest BCUT2D eigenvalue weighted by Crippen LogP contribution is -2.01. The molecule has 0 amide bonds. The molecule has 2 nitrogen and oxygen atoms in total. The van der Waals surface area contributed by atoms with Gasteiger partial charge in [-0.2, -0.15) is 0 Å². The lowest BCUT2D eigenvalue weighted by Gasteiger charge is -2.16. The molecule has 0 saturated carbocycles. The van der Waals surface area contributed by atoms with Gasteiger partial charge in [0.05, 0.1) is 7.11 Å². The molecule has 2 N–H and O–H groups in total. The van der Waals surface area contributed by atoms with Crippen molar-refractivity contribution < 1.29 is 4.74 Å².